The van der Waals surface area contributed by atoms with Gasteiger partial charge in [-0.3, -0.25) is 0 Å². The second-order valence-corrected chi connectivity index (χ2v) is 7.03. The first-order chi connectivity index (χ1) is 8.82. The van der Waals surface area contributed by atoms with Gasteiger partial charge in [-0.1, -0.05) is 11.6 Å². The molecule has 2 rings (SSSR count). The summed E-state index contributed by atoms with van der Waals surface area (Å²) in [7, 11) is -3.72. The molecule has 1 aliphatic heterocycles. The minimum Gasteiger partial charge on any atom is -0.311 e. The lowest BCUT2D eigenvalue weighted by Crippen LogP contribution is -2.57. The molecule has 0 spiro atoms. The Bertz CT molecular complexity index is 559. The zero-order valence-corrected chi connectivity index (χ0v) is 12.3. The largest absolute Gasteiger partial charge is 0.311 e. The second kappa shape index (κ2) is 5.36. The topological polar surface area (TPSA) is 49.4 Å². The summed E-state index contributed by atoms with van der Waals surface area (Å²) in [5.74, 6) is -0.651. The Kier molecular flexibility index (Phi) is 4.15. The van der Waals surface area contributed by atoms with Gasteiger partial charge in [0, 0.05) is 30.2 Å². The highest BCUT2D eigenvalue weighted by atomic mass is 35.5. The van der Waals surface area contributed by atoms with E-state index >= 15 is 0 Å². The average Bonchev–Trinajstić information content (AvgIpc) is 2.31. The van der Waals surface area contributed by atoms with Crippen LogP contribution in [0.2, 0.25) is 5.02 Å². The van der Waals surface area contributed by atoms with E-state index in [-0.39, 0.29) is 22.0 Å². The molecule has 7 heteroatoms. The number of halogens is 2. The van der Waals surface area contributed by atoms with Gasteiger partial charge in [-0.25, -0.2) is 12.8 Å². The molecule has 2 atom stereocenters. The van der Waals surface area contributed by atoms with Gasteiger partial charge in [-0.05, 0) is 32.0 Å². The lowest BCUT2D eigenvalue weighted by Gasteiger charge is -2.37. The van der Waals surface area contributed by atoms with Crippen LogP contribution in [0.5, 0.6) is 0 Å². The third-order valence-corrected chi connectivity index (χ3v) is 5.60. The first-order valence-electron chi connectivity index (χ1n) is 6.03. The fraction of sp³-hybridized carbons (Fsp3) is 0.500. The van der Waals surface area contributed by atoms with E-state index in [2.05, 4.69) is 5.32 Å². The van der Waals surface area contributed by atoms with E-state index in [1.54, 1.807) is 0 Å². The highest BCUT2D eigenvalue weighted by molar-refractivity contribution is 7.89. The van der Waals surface area contributed by atoms with Crippen LogP contribution in [0.4, 0.5) is 4.39 Å². The zero-order chi connectivity index (χ0) is 14.2. The Morgan fingerprint density at radius 3 is 2.68 bits per heavy atom. The number of hydrogen-bond acceptors (Lipinski definition) is 3. The number of hydrogen-bond donors (Lipinski definition) is 1. The summed E-state index contributed by atoms with van der Waals surface area (Å²) < 4.78 is 39.7. The minimum atomic E-state index is -3.72. The van der Waals surface area contributed by atoms with Crippen molar-refractivity contribution in [2.45, 2.75) is 30.8 Å². The van der Waals surface area contributed by atoms with Crippen molar-refractivity contribution < 1.29 is 12.8 Å². The summed E-state index contributed by atoms with van der Waals surface area (Å²) in [6, 6.07) is 3.22. The summed E-state index contributed by atoms with van der Waals surface area (Å²) in [5.41, 5.74) is 0. The lowest BCUT2D eigenvalue weighted by atomic mass is 10.1. The Morgan fingerprint density at radius 2 is 2.05 bits per heavy atom. The Hall–Kier alpha value is -0.690. The van der Waals surface area contributed by atoms with Gasteiger partial charge in [0.2, 0.25) is 10.0 Å². The molecule has 1 aromatic carbocycles. The molecule has 19 heavy (non-hydrogen) atoms. The van der Waals surface area contributed by atoms with Gasteiger partial charge in [-0.15, -0.1) is 0 Å². The smallest absolute Gasteiger partial charge is 0.243 e. The zero-order valence-electron chi connectivity index (χ0n) is 10.7. The summed E-state index contributed by atoms with van der Waals surface area (Å²) >= 11 is 5.72. The number of piperazine rings is 1. The van der Waals surface area contributed by atoms with Crippen molar-refractivity contribution in [2.24, 2.45) is 0 Å². The molecule has 0 aliphatic carbocycles. The molecule has 0 amide bonds. The minimum absolute atomic E-state index is 0.0487. The van der Waals surface area contributed by atoms with Gasteiger partial charge in [0.1, 0.15) is 5.82 Å². The van der Waals surface area contributed by atoms with Crippen LogP contribution in [0.15, 0.2) is 23.1 Å². The highest BCUT2D eigenvalue weighted by Crippen LogP contribution is 2.24. The van der Waals surface area contributed by atoms with Crippen molar-refractivity contribution in [3.63, 3.8) is 0 Å². The summed E-state index contributed by atoms with van der Waals surface area (Å²) in [5, 5.41) is 3.28. The van der Waals surface area contributed by atoms with Crippen molar-refractivity contribution in [1.29, 1.82) is 0 Å². The molecule has 2 unspecified atom stereocenters. The van der Waals surface area contributed by atoms with E-state index in [0.29, 0.717) is 13.1 Å². The maximum absolute atomic E-state index is 13.3. The molecule has 0 bridgehead atoms. The predicted octanol–water partition coefficient (Wildman–Crippen LogP) is 1.85. The van der Waals surface area contributed by atoms with Gasteiger partial charge in [0.25, 0.3) is 0 Å². The monoisotopic (exact) mass is 306 g/mol. The van der Waals surface area contributed by atoms with Gasteiger partial charge in [0.15, 0.2) is 0 Å². The van der Waals surface area contributed by atoms with Gasteiger partial charge in [0.05, 0.1) is 4.90 Å². The molecule has 0 saturated carbocycles. The van der Waals surface area contributed by atoms with Crippen LogP contribution in [0.25, 0.3) is 0 Å². The average molecular weight is 307 g/mol. The summed E-state index contributed by atoms with van der Waals surface area (Å²) in [4.78, 5) is -0.0987. The molecule has 1 saturated heterocycles. The SMILES string of the molecule is CC1NCCN(S(=O)(=O)c2cc(F)cc(Cl)c2)C1C. The third-order valence-electron chi connectivity index (χ3n) is 3.42. The molecule has 1 fully saturated rings. The van der Waals surface area contributed by atoms with E-state index in [1.807, 2.05) is 13.8 Å². The van der Waals surface area contributed by atoms with Crippen LogP contribution in [-0.2, 0) is 10.0 Å². The molecule has 0 aromatic heterocycles. The Labute approximate surface area is 117 Å². The van der Waals surface area contributed by atoms with Crippen molar-refractivity contribution in [2.75, 3.05) is 13.1 Å². The number of sulfonamides is 1. The molecule has 4 nitrogen and oxygen atoms in total. The van der Waals surface area contributed by atoms with Crippen LogP contribution in [0.3, 0.4) is 0 Å². The summed E-state index contributed by atoms with van der Waals surface area (Å²) in [6.45, 7) is 4.69. The van der Waals surface area contributed by atoms with Gasteiger partial charge >= 0.3 is 0 Å². The molecule has 1 aromatic rings. The fourth-order valence-electron chi connectivity index (χ4n) is 2.18. The van der Waals surface area contributed by atoms with Gasteiger partial charge in [-0.2, -0.15) is 4.31 Å². The summed E-state index contributed by atoms with van der Waals surface area (Å²) in [6.07, 6.45) is 0. The Balaban J connectivity index is 2.41. The standard InChI is InChI=1S/C12H16ClFN2O2S/c1-8-9(2)16(4-3-15-8)19(17,18)12-6-10(13)5-11(14)7-12/h5-9,15H,3-4H2,1-2H3. The molecule has 1 heterocycles. The quantitative estimate of drug-likeness (QED) is 0.907. The van der Waals surface area contributed by atoms with E-state index in [4.69, 9.17) is 11.6 Å². The van der Waals surface area contributed by atoms with Crippen LogP contribution < -0.4 is 5.32 Å². The first kappa shape index (κ1) is 14.7. The maximum atomic E-state index is 13.3. The fourth-order valence-corrected chi connectivity index (χ4v) is 4.22. The normalized spacial score (nSPS) is 25.5. The first-order valence-corrected chi connectivity index (χ1v) is 7.85. The van der Waals surface area contributed by atoms with Crippen molar-refractivity contribution in [3.05, 3.63) is 29.0 Å². The molecule has 106 valence electrons. The maximum Gasteiger partial charge on any atom is 0.243 e. The lowest BCUT2D eigenvalue weighted by molar-refractivity contribution is 0.233. The molecular weight excluding hydrogens is 291 g/mol. The van der Waals surface area contributed by atoms with E-state index in [9.17, 15) is 12.8 Å². The third kappa shape index (κ3) is 2.91. The van der Waals surface area contributed by atoms with E-state index in [0.717, 1.165) is 12.1 Å². The van der Waals surface area contributed by atoms with Crippen LogP contribution >= 0.6 is 11.6 Å². The predicted molar refractivity (Wildman–Crippen MR) is 72.2 cm³/mol. The number of nitrogens with one attached hydrogen (secondary N) is 1. The van der Waals surface area contributed by atoms with E-state index in [1.165, 1.54) is 10.4 Å². The molecule has 1 N–H and O–H groups in total. The van der Waals surface area contributed by atoms with Crippen molar-refractivity contribution in [1.82, 2.24) is 9.62 Å². The Morgan fingerprint density at radius 1 is 1.37 bits per heavy atom. The highest BCUT2D eigenvalue weighted by Gasteiger charge is 2.34. The van der Waals surface area contributed by atoms with Crippen molar-refractivity contribution in [3.8, 4) is 0 Å². The molecule has 0 radical (unpaired) electrons. The number of rotatable bonds is 2. The molecular formula is C12H16ClFN2O2S. The van der Waals surface area contributed by atoms with Crippen LogP contribution in [-0.4, -0.2) is 37.9 Å². The number of benzene rings is 1. The number of nitrogens with zero attached hydrogens (tertiary/aromatic N) is 1. The van der Waals surface area contributed by atoms with Crippen LogP contribution in [0, 0.1) is 5.82 Å². The van der Waals surface area contributed by atoms with Crippen molar-refractivity contribution >= 4 is 21.6 Å². The molecule has 1 aliphatic rings. The van der Waals surface area contributed by atoms with Crippen LogP contribution in [0.1, 0.15) is 13.8 Å². The van der Waals surface area contributed by atoms with Gasteiger partial charge < -0.3 is 5.32 Å². The second-order valence-electron chi connectivity index (χ2n) is 4.70. The van der Waals surface area contributed by atoms with E-state index < -0.39 is 15.8 Å².